The summed E-state index contributed by atoms with van der Waals surface area (Å²) in [5, 5.41) is 18.5. The van der Waals surface area contributed by atoms with E-state index in [9.17, 15) is 0 Å². The molecule has 0 aliphatic carbocycles. The van der Waals surface area contributed by atoms with Crippen molar-refractivity contribution in [1.29, 1.82) is 0 Å². The molecule has 116 valence electrons. The summed E-state index contributed by atoms with van der Waals surface area (Å²) in [6.45, 7) is 12.5. The predicted molar refractivity (Wildman–Crippen MR) is 84.3 cm³/mol. The first-order valence-electron chi connectivity index (χ1n) is 6.51. The van der Waals surface area contributed by atoms with Gasteiger partial charge in [0.2, 0.25) is 0 Å². The van der Waals surface area contributed by atoms with Crippen molar-refractivity contribution < 1.29 is 21.7 Å². The van der Waals surface area contributed by atoms with Crippen LogP contribution in [0.4, 0.5) is 0 Å². The Balaban J connectivity index is -0.0000000881. The third kappa shape index (κ3) is 36.1. The molecule has 0 saturated heterocycles. The number of aromatic nitrogens is 3. The van der Waals surface area contributed by atoms with Crippen molar-refractivity contribution in [3.8, 4) is 0 Å². The Morgan fingerprint density at radius 2 is 1.15 bits per heavy atom. The normalized spacial score (nSPS) is 7.80. The Kier molecular flexibility index (Phi) is 38.0. The fourth-order valence-electron chi connectivity index (χ4n) is 0.424. The van der Waals surface area contributed by atoms with Gasteiger partial charge in [0, 0.05) is 5.82 Å². The van der Waals surface area contributed by atoms with E-state index in [1.54, 1.807) is 21.1 Å². The van der Waals surface area contributed by atoms with Gasteiger partial charge in [0.15, 0.2) is 0 Å². The monoisotopic (exact) mass is 318 g/mol. The van der Waals surface area contributed by atoms with Crippen molar-refractivity contribution >= 4 is 0 Å². The summed E-state index contributed by atoms with van der Waals surface area (Å²) in [5.74, 6) is 1.50. The van der Waals surface area contributed by atoms with Crippen molar-refractivity contribution in [1.82, 2.24) is 15.2 Å². The molecule has 0 aliphatic heterocycles. The van der Waals surface area contributed by atoms with Gasteiger partial charge in [-0.2, -0.15) is 40.8 Å². The molecule has 0 aromatic carbocycles. The molecule has 0 saturated carbocycles. The van der Waals surface area contributed by atoms with Crippen LogP contribution in [0.2, 0.25) is 0 Å². The molecule has 0 unspecified atom stereocenters. The summed E-state index contributed by atoms with van der Waals surface area (Å²) in [5.41, 5.74) is 0. The van der Waals surface area contributed by atoms with E-state index in [1.807, 2.05) is 34.6 Å². The maximum atomic E-state index is 3.89. The molecule has 0 aliphatic rings. The van der Waals surface area contributed by atoms with Gasteiger partial charge < -0.3 is 26.0 Å². The predicted octanol–water partition coefficient (Wildman–Crippen LogP) is 3.08. The Labute approximate surface area is 140 Å². The minimum atomic E-state index is 0. The molecule has 0 fully saturated rings. The van der Waals surface area contributed by atoms with E-state index in [4.69, 9.17) is 0 Å². The summed E-state index contributed by atoms with van der Waals surface area (Å²) < 4.78 is 0. The molecular formula is C13H30N6Ti. The fourth-order valence-corrected chi connectivity index (χ4v) is 0.424. The zero-order chi connectivity index (χ0) is 15.5. The summed E-state index contributed by atoms with van der Waals surface area (Å²) >= 11 is 0. The van der Waals surface area contributed by atoms with Crippen LogP contribution in [0.1, 0.15) is 32.4 Å². The number of rotatable bonds is 3. The number of nitrogens with zero attached hydrogens (tertiary/aromatic N) is 6. The molecule has 0 amide bonds. The van der Waals surface area contributed by atoms with Gasteiger partial charge >= 0.3 is 21.7 Å². The second-order valence-electron chi connectivity index (χ2n) is 3.30. The maximum Gasteiger partial charge on any atom is 4.00 e. The van der Waals surface area contributed by atoms with Crippen LogP contribution in [0.25, 0.3) is 16.0 Å². The molecule has 7 heteroatoms. The zero-order valence-corrected chi connectivity index (χ0v) is 15.9. The van der Waals surface area contributed by atoms with Crippen LogP contribution in [-0.4, -0.2) is 50.9 Å². The molecule has 0 bridgehead atoms. The maximum absolute atomic E-state index is 3.89. The van der Waals surface area contributed by atoms with Gasteiger partial charge in [0.05, 0.1) is 0 Å². The first kappa shape index (κ1) is 28.0. The zero-order valence-electron chi connectivity index (χ0n) is 14.3. The van der Waals surface area contributed by atoms with Crippen molar-refractivity contribution in [2.45, 2.75) is 34.6 Å². The second kappa shape index (κ2) is 27.1. The Hall–Kier alpha value is -0.266. The summed E-state index contributed by atoms with van der Waals surface area (Å²) in [6, 6.07) is 0. The Morgan fingerprint density at radius 3 is 1.20 bits per heavy atom. The standard InChI is InChI=1S/C4H6N3.3C3H8N.Ti/c1-3-5-4(2)7-6-3;3*1-3-4-2;/h1-2H3;3*3H2,1-2H3;/q4*-1;+4. The van der Waals surface area contributed by atoms with Gasteiger partial charge in [-0.3, -0.25) is 5.10 Å². The largest absolute Gasteiger partial charge is 4.00 e. The topological polar surface area (TPSA) is 82.2 Å². The van der Waals surface area contributed by atoms with Crippen molar-refractivity contribution in [2.75, 3.05) is 40.8 Å². The molecule has 1 aromatic heterocycles. The van der Waals surface area contributed by atoms with E-state index in [-0.39, 0.29) is 21.7 Å². The van der Waals surface area contributed by atoms with E-state index in [0.717, 1.165) is 31.3 Å². The molecule has 1 rings (SSSR count). The van der Waals surface area contributed by atoms with Crippen LogP contribution in [-0.2, 0) is 21.7 Å². The SMILES string of the molecule is CC[N-]C.CC[N-]C.CC[N-]C.Cc1n[n-]c(C)n1.[Ti+4]. The quantitative estimate of drug-likeness (QED) is 0.803. The number of aryl methyl sites for hydroxylation is 2. The molecule has 0 N–H and O–H groups in total. The smallest absolute Gasteiger partial charge is 0.665 e. The molecule has 20 heavy (non-hydrogen) atoms. The summed E-state index contributed by atoms with van der Waals surface area (Å²) in [7, 11) is 5.42. The van der Waals surface area contributed by atoms with Crippen molar-refractivity contribution in [3.63, 3.8) is 0 Å². The Bertz CT molecular complexity index is 211. The van der Waals surface area contributed by atoms with Crippen LogP contribution in [0, 0.1) is 13.8 Å². The van der Waals surface area contributed by atoms with E-state index < -0.39 is 0 Å². The minimum Gasteiger partial charge on any atom is -0.665 e. The first-order chi connectivity index (χ1) is 9.03. The summed E-state index contributed by atoms with van der Waals surface area (Å²) in [6.07, 6.45) is 0. The molecule has 0 atom stereocenters. The van der Waals surface area contributed by atoms with Gasteiger partial charge in [-0.1, -0.05) is 26.6 Å². The van der Waals surface area contributed by atoms with Crippen LogP contribution in [0.15, 0.2) is 0 Å². The Morgan fingerprint density at radius 1 is 0.850 bits per heavy atom. The molecule has 0 spiro atoms. The average molecular weight is 318 g/mol. The molecular weight excluding hydrogens is 288 g/mol. The minimum absolute atomic E-state index is 0. The van der Waals surface area contributed by atoms with Crippen LogP contribution in [0.3, 0.4) is 0 Å². The molecule has 1 aromatic rings. The van der Waals surface area contributed by atoms with Gasteiger partial charge in [0.1, 0.15) is 0 Å². The molecule has 0 radical (unpaired) electrons. The van der Waals surface area contributed by atoms with Crippen LogP contribution in [0.5, 0.6) is 0 Å². The van der Waals surface area contributed by atoms with Crippen molar-refractivity contribution in [3.05, 3.63) is 27.6 Å². The van der Waals surface area contributed by atoms with E-state index in [2.05, 4.69) is 31.1 Å². The average Bonchev–Trinajstić information content (AvgIpc) is 2.83. The van der Waals surface area contributed by atoms with Gasteiger partial charge in [-0.15, -0.1) is 0 Å². The van der Waals surface area contributed by atoms with Gasteiger partial charge in [0.25, 0.3) is 0 Å². The first-order valence-corrected chi connectivity index (χ1v) is 6.51. The second-order valence-corrected chi connectivity index (χ2v) is 3.30. The third-order valence-corrected chi connectivity index (χ3v) is 1.61. The van der Waals surface area contributed by atoms with E-state index >= 15 is 0 Å². The van der Waals surface area contributed by atoms with Crippen molar-refractivity contribution in [2.24, 2.45) is 0 Å². The summed E-state index contributed by atoms with van der Waals surface area (Å²) in [4.78, 5) is 3.89. The fraction of sp³-hybridized carbons (Fsp3) is 0.846. The van der Waals surface area contributed by atoms with Gasteiger partial charge in [-0.05, 0) is 13.8 Å². The van der Waals surface area contributed by atoms with Crippen LogP contribution >= 0.6 is 0 Å². The van der Waals surface area contributed by atoms with E-state index in [0.29, 0.717) is 0 Å². The number of hydrogen-bond donors (Lipinski definition) is 0. The van der Waals surface area contributed by atoms with Gasteiger partial charge in [-0.25, -0.2) is 0 Å². The third-order valence-electron chi connectivity index (χ3n) is 1.61. The molecule has 6 nitrogen and oxygen atoms in total. The number of hydrogen-bond acceptors (Lipinski definition) is 2. The van der Waals surface area contributed by atoms with E-state index in [1.165, 1.54) is 0 Å². The van der Waals surface area contributed by atoms with Crippen LogP contribution < -0.4 is 5.10 Å². The molecule has 1 heterocycles.